The molecule has 0 saturated carbocycles. The molecule has 5 heterocycles. The molecule has 10 heteroatoms. The first-order valence-corrected chi connectivity index (χ1v) is 12.6. The maximum Gasteiger partial charge on any atom is 0.276 e. The number of nitrogens with zero attached hydrogens (tertiary/aromatic N) is 5. The molecule has 0 unspecified atom stereocenters. The number of amides is 1. The summed E-state index contributed by atoms with van der Waals surface area (Å²) < 4.78 is 10.9. The maximum atomic E-state index is 13.3. The molecule has 1 aromatic carbocycles. The molecule has 0 spiro atoms. The fourth-order valence-electron chi connectivity index (χ4n) is 4.78. The van der Waals surface area contributed by atoms with E-state index in [9.17, 15) is 4.79 Å². The van der Waals surface area contributed by atoms with Crippen molar-refractivity contribution in [1.29, 1.82) is 0 Å². The van der Waals surface area contributed by atoms with E-state index in [2.05, 4.69) is 47.7 Å². The van der Waals surface area contributed by atoms with Gasteiger partial charge in [-0.05, 0) is 35.4 Å². The highest BCUT2D eigenvalue weighted by molar-refractivity contribution is 6.49. The molecule has 2 fully saturated rings. The number of hydrazone groups is 1. The zero-order valence-electron chi connectivity index (χ0n) is 20.5. The predicted molar refractivity (Wildman–Crippen MR) is 142 cm³/mol. The van der Waals surface area contributed by atoms with Gasteiger partial charge in [0, 0.05) is 43.5 Å². The number of hydrogen-bond acceptors (Lipinski definition) is 9. The Labute approximate surface area is 215 Å². The number of aromatic nitrogens is 2. The highest BCUT2D eigenvalue weighted by Crippen LogP contribution is 2.28. The zero-order valence-corrected chi connectivity index (χ0v) is 20.5. The van der Waals surface area contributed by atoms with Crippen LogP contribution in [-0.2, 0) is 20.8 Å². The fraction of sp³-hybridized carbons (Fsp3) is 0.333. The molecular formula is C27H29N7O3. The van der Waals surface area contributed by atoms with Gasteiger partial charge in [0.25, 0.3) is 5.91 Å². The van der Waals surface area contributed by atoms with Gasteiger partial charge in [-0.1, -0.05) is 12.1 Å². The van der Waals surface area contributed by atoms with Gasteiger partial charge in [0.05, 0.1) is 56.7 Å². The van der Waals surface area contributed by atoms with Crippen LogP contribution in [0.3, 0.4) is 0 Å². The van der Waals surface area contributed by atoms with Crippen molar-refractivity contribution >= 4 is 28.8 Å². The van der Waals surface area contributed by atoms with Crippen LogP contribution >= 0.6 is 0 Å². The van der Waals surface area contributed by atoms with Crippen LogP contribution in [0.1, 0.15) is 11.1 Å². The molecule has 6 rings (SSSR count). The summed E-state index contributed by atoms with van der Waals surface area (Å²) in [6, 6.07) is 12.1. The normalized spacial score (nSPS) is 17.5. The quantitative estimate of drug-likeness (QED) is 0.551. The van der Waals surface area contributed by atoms with Gasteiger partial charge in [0.2, 0.25) is 0 Å². The standard InChI is InChI=1S/C27H29N7O3/c35-27(31-22-3-4-25(29-17-22)34-7-11-37-12-8-34)26-24-14-19(1-2-20(24)16-30-32-26)21-13-23(18-28-15-21)33-5-9-36-10-6-33/h1-4,13-15,17-18,30H,5-12,16H2,(H,31,35). The zero-order chi connectivity index (χ0) is 25.0. The van der Waals surface area contributed by atoms with Crippen molar-refractivity contribution in [2.45, 2.75) is 6.54 Å². The molecule has 3 aliphatic heterocycles. The number of rotatable bonds is 5. The Balaban J connectivity index is 1.21. The summed E-state index contributed by atoms with van der Waals surface area (Å²) in [6.07, 6.45) is 5.42. The van der Waals surface area contributed by atoms with E-state index in [0.717, 1.165) is 73.2 Å². The Morgan fingerprint density at radius 3 is 2.41 bits per heavy atom. The highest BCUT2D eigenvalue weighted by atomic mass is 16.5. The number of pyridine rings is 2. The van der Waals surface area contributed by atoms with Gasteiger partial charge in [0.15, 0.2) is 5.71 Å². The van der Waals surface area contributed by atoms with Crippen molar-refractivity contribution in [2.75, 3.05) is 67.7 Å². The molecule has 1 amide bonds. The lowest BCUT2D eigenvalue weighted by Crippen LogP contribution is -2.36. The van der Waals surface area contributed by atoms with Crippen LogP contribution in [0.25, 0.3) is 11.1 Å². The molecule has 10 nitrogen and oxygen atoms in total. The van der Waals surface area contributed by atoms with Crippen molar-refractivity contribution in [1.82, 2.24) is 15.4 Å². The van der Waals surface area contributed by atoms with E-state index in [4.69, 9.17) is 9.47 Å². The largest absolute Gasteiger partial charge is 0.378 e. The van der Waals surface area contributed by atoms with E-state index in [1.54, 1.807) is 6.20 Å². The van der Waals surface area contributed by atoms with Crippen LogP contribution in [0.5, 0.6) is 0 Å². The summed E-state index contributed by atoms with van der Waals surface area (Å²) in [7, 11) is 0. The van der Waals surface area contributed by atoms with Crippen LogP contribution in [0, 0.1) is 0 Å². The van der Waals surface area contributed by atoms with Gasteiger partial charge >= 0.3 is 0 Å². The van der Waals surface area contributed by atoms with Crippen LogP contribution in [-0.4, -0.2) is 74.2 Å². The summed E-state index contributed by atoms with van der Waals surface area (Å²) >= 11 is 0. The number of carbonyl (C=O) groups is 1. The summed E-state index contributed by atoms with van der Waals surface area (Å²) in [5.41, 5.74) is 8.82. The van der Waals surface area contributed by atoms with Gasteiger partial charge < -0.3 is 30.0 Å². The predicted octanol–water partition coefficient (Wildman–Crippen LogP) is 2.26. The highest BCUT2D eigenvalue weighted by Gasteiger charge is 2.23. The molecule has 0 atom stereocenters. The monoisotopic (exact) mass is 499 g/mol. The number of carbonyl (C=O) groups excluding carboxylic acids is 1. The van der Waals surface area contributed by atoms with Crippen LogP contribution in [0.4, 0.5) is 17.2 Å². The molecule has 0 radical (unpaired) electrons. The first-order valence-electron chi connectivity index (χ1n) is 12.6. The van der Waals surface area contributed by atoms with Gasteiger partial charge in [0.1, 0.15) is 5.82 Å². The van der Waals surface area contributed by atoms with E-state index < -0.39 is 0 Å². The molecule has 2 N–H and O–H groups in total. The third-order valence-corrected chi connectivity index (χ3v) is 6.81. The van der Waals surface area contributed by atoms with Crippen molar-refractivity contribution in [3.05, 3.63) is 66.1 Å². The first-order chi connectivity index (χ1) is 18.2. The maximum absolute atomic E-state index is 13.3. The minimum Gasteiger partial charge on any atom is -0.378 e. The fourth-order valence-corrected chi connectivity index (χ4v) is 4.78. The van der Waals surface area contributed by atoms with Gasteiger partial charge in [-0.2, -0.15) is 5.10 Å². The summed E-state index contributed by atoms with van der Waals surface area (Å²) in [6.45, 7) is 6.71. The number of benzene rings is 1. The molecule has 37 heavy (non-hydrogen) atoms. The average Bonchev–Trinajstić information content (AvgIpc) is 2.98. The lowest BCUT2D eigenvalue weighted by atomic mass is 9.95. The van der Waals surface area contributed by atoms with E-state index >= 15 is 0 Å². The second kappa shape index (κ2) is 10.5. The van der Waals surface area contributed by atoms with E-state index in [1.165, 1.54) is 0 Å². The van der Waals surface area contributed by atoms with E-state index in [0.29, 0.717) is 31.2 Å². The minimum atomic E-state index is -0.285. The summed E-state index contributed by atoms with van der Waals surface area (Å²) in [4.78, 5) is 26.7. The summed E-state index contributed by atoms with van der Waals surface area (Å²) in [5.74, 6) is 0.590. The molecular weight excluding hydrogens is 470 g/mol. The third-order valence-electron chi connectivity index (χ3n) is 6.81. The molecule has 2 saturated heterocycles. The Kier molecular flexibility index (Phi) is 6.66. The molecule has 3 aliphatic rings. The van der Waals surface area contributed by atoms with Crippen molar-refractivity contribution in [3.63, 3.8) is 0 Å². The van der Waals surface area contributed by atoms with E-state index in [1.807, 2.05) is 36.7 Å². The van der Waals surface area contributed by atoms with Crippen molar-refractivity contribution < 1.29 is 14.3 Å². The van der Waals surface area contributed by atoms with Crippen molar-refractivity contribution in [2.24, 2.45) is 5.10 Å². The van der Waals surface area contributed by atoms with Crippen LogP contribution < -0.4 is 20.5 Å². The second-order valence-corrected chi connectivity index (χ2v) is 9.16. The topological polar surface area (TPSA) is 104 Å². The van der Waals surface area contributed by atoms with Gasteiger partial charge in [-0.15, -0.1) is 0 Å². The number of fused-ring (bicyclic) bond motifs is 1. The average molecular weight is 500 g/mol. The lowest BCUT2D eigenvalue weighted by molar-refractivity contribution is -0.110. The molecule has 3 aromatic rings. The third kappa shape index (κ3) is 5.11. The molecule has 190 valence electrons. The van der Waals surface area contributed by atoms with E-state index in [-0.39, 0.29) is 5.91 Å². The SMILES string of the molecule is O=C(Nc1ccc(N2CCOCC2)nc1)C1=NNCc2ccc(-c3cncc(N4CCOCC4)c3)cc21. The van der Waals surface area contributed by atoms with Crippen molar-refractivity contribution in [3.8, 4) is 11.1 Å². The van der Waals surface area contributed by atoms with Crippen LogP contribution in [0.15, 0.2) is 60.1 Å². The van der Waals surface area contributed by atoms with Gasteiger partial charge in [-0.3, -0.25) is 9.78 Å². The van der Waals surface area contributed by atoms with Gasteiger partial charge in [-0.25, -0.2) is 4.98 Å². The second-order valence-electron chi connectivity index (χ2n) is 9.16. The number of hydrogen-bond donors (Lipinski definition) is 2. The lowest BCUT2D eigenvalue weighted by Gasteiger charge is -2.28. The number of nitrogens with one attached hydrogen (secondary N) is 2. The Bertz CT molecular complexity index is 1300. The number of ether oxygens (including phenoxy) is 2. The Morgan fingerprint density at radius 2 is 1.65 bits per heavy atom. The minimum absolute atomic E-state index is 0.285. The molecule has 2 aromatic heterocycles. The first kappa shape index (κ1) is 23.4. The Hall–Kier alpha value is -4.02. The Morgan fingerprint density at radius 1 is 0.865 bits per heavy atom. The number of morpholine rings is 2. The molecule has 0 bridgehead atoms. The smallest absolute Gasteiger partial charge is 0.276 e. The van der Waals surface area contributed by atoms with Crippen LogP contribution in [0.2, 0.25) is 0 Å². The molecule has 0 aliphatic carbocycles. The summed E-state index contributed by atoms with van der Waals surface area (Å²) in [5, 5.41) is 7.31. The number of anilines is 3.